The molecule has 0 bridgehead atoms. The number of halogens is 2. The fraction of sp³-hybridized carbons (Fsp3) is 0.222. The molecule has 0 fully saturated rings. The molecule has 126 valence electrons. The van der Waals surface area contributed by atoms with Gasteiger partial charge in [0.1, 0.15) is 0 Å². The van der Waals surface area contributed by atoms with E-state index in [9.17, 15) is 9.59 Å². The molecule has 0 aliphatic rings. The van der Waals surface area contributed by atoms with Gasteiger partial charge < -0.3 is 10.1 Å². The second kappa shape index (κ2) is 8.18. The number of rotatable bonds is 5. The molecule has 0 aliphatic heterocycles. The van der Waals surface area contributed by atoms with Crippen LogP contribution in [0.4, 0.5) is 5.69 Å². The summed E-state index contributed by atoms with van der Waals surface area (Å²) in [6, 6.07) is 10.2. The van der Waals surface area contributed by atoms with Crippen molar-refractivity contribution >= 4 is 40.8 Å². The maximum Gasteiger partial charge on any atom is 0.338 e. The van der Waals surface area contributed by atoms with Gasteiger partial charge in [-0.15, -0.1) is 0 Å². The van der Waals surface area contributed by atoms with Crippen LogP contribution >= 0.6 is 23.2 Å². The third-order valence-electron chi connectivity index (χ3n) is 3.44. The summed E-state index contributed by atoms with van der Waals surface area (Å²) in [6.07, 6.45) is 0.790. The van der Waals surface area contributed by atoms with Crippen LogP contribution in [0.5, 0.6) is 0 Å². The van der Waals surface area contributed by atoms with Crippen molar-refractivity contribution in [1.29, 1.82) is 0 Å². The smallest absolute Gasteiger partial charge is 0.338 e. The van der Waals surface area contributed by atoms with Crippen molar-refractivity contribution < 1.29 is 14.3 Å². The van der Waals surface area contributed by atoms with Gasteiger partial charge in [-0.05, 0) is 42.7 Å². The molecule has 1 amide bonds. The van der Waals surface area contributed by atoms with Gasteiger partial charge in [-0.1, -0.05) is 48.3 Å². The Morgan fingerprint density at radius 3 is 2.42 bits per heavy atom. The molecule has 0 saturated carbocycles. The van der Waals surface area contributed by atoms with Crippen LogP contribution in [0.3, 0.4) is 0 Å². The Bertz CT molecular complexity index is 755. The first kappa shape index (κ1) is 18.3. The fourth-order valence-corrected chi connectivity index (χ4v) is 2.79. The summed E-state index contributed by atoms with van der Waals surface area (Å²) in [5, 5.41) is 3.44. The van der Waals surface area contributed by atoms with Gasteiger partial charge in [0.2, 0.25) is 0 Å². The normalized spacial score (nSPS) is 10.3. The molecule has 0 saturated heterocycles. The summed E-state index contributed by atoms with van der Waals surface area (Å²) in [5.41, 5.74) is 2.93. The van der Waals surface area contributed by atoms with Crippen LogP contribution in [0.25, 0.3) is 0 Å². The number of nitrogens with one attached hydrogen (secondary N) is 1. The summed E-state index contributed by atoms with van der Waals surface area (Å²) in [4.78, 5) is 24.0. The number of esters is 1. The third kappa shape index (κ3) is 4.73. The number of hydrogen-bond acceptors (Lipinski definition) is 3. The predicted octanol–water partition coefficient (Wildman–Crippen LogP) is 4.66. The lowest BCUT2D eigenvalue weighted by Gasteiger charge is -2.13. The molecule has 0 aromatic heterocycles. The van der Waals surface area contributed by atoms with Crippen LogP contribution in [0, 0.1) is 6.92 Å². The minimum Gasteiger partial charge on any atom is -0.452 e. The molecule has 6 heteroatoms. The van der Waals surface area contributed by atoms with E-state index in [1.165, 1.54) is 18.2 Å². The van der Waals surface area contributed by atoms with E-state index in [2.05, 4.69) is 5.32 Å². The second-order valence-corrected chi connectivity index (χ2v) is 6.12. The van der Waals surface area contributed by atoms with Crippen LogP contribution in [0.2, 0.25) is 10.0 Å². The van der Waals surface area contributed by atoms with Crippen molar-refractivity contribution in [3.63, 3.8) is 0 Å². The Morgan fingerprint density at radius 2 is 1.79 bits per heavy atom. The highest BCUT2D eigenvalue weighted by Gasteiger charge is 2.13. The van der Waals surface area contributed by atoms with Gasteiger partial charge in [0.15, 0.2) is 6.61 Å². The average Bonchev–Trinajstić information content (AvgIpc) is 2.53. The summed E-state index contributed by atoms with van der Waals surface area (Å²) in [6.45, 7) is 3.53. The lowest BCUT2D eigenvalue weighted by molar-refractivity contribution is -0.119. The lowest BCUT2D eigenvalue weighted by Crippen LogP contribution is -2.22. The Labute approximate surface area is 150 Å². The molecule has 1 N–H and O–H groups in total. The molecular formula is C18H17Cl2NO3. The molecule has 0 unspecified atom stereocenters. The number of carbonyl (C=O) groups is 2. The Kier molecular flexibility index (Phi) is 6.23. The van der Waals surface area contributed by atoms with Crippen molar-refractivity contribution in [1.82, 2.24) is 0 Å². The summed E-state index contributed by atoms with van der Waals surface area (Å²) in [7, 11) is 0. The number of aryl methyl sites for hydroxylation is 2. The second-order valence-electron chi connectivity index (χ2n) is 5.25. The van der Waals surface area contributed by atoms with Crippen molar-refractivity contribution in [3.8, 4) is 0 Å². The van der Waals surface area contributed by atoms with Gasteiger partial charge in [0.05, 0.1) is 5.56 Å². The molecule has 4 nitrogen and oxygen atoms in total. The summed E-state index contributed by atoms with van der Waals surface area (Å²) >= 11 is 11.7. The molecule has 0 radical (unpaired) electrons. The molecule has 24 heavy (non-hydrogen) atoms. The van der Waals surface area contributed by atoms with E-state index in [1.807, 2.05) is 32.0 Å². The quantitative estimate of drug-likeness (QED) is 0.783. The van der Waals surface area contributed by atoms with Gasteiger partial charge in [0, 0.05) is 15.7 Å². The molecule has 0 aliphatic carbocycles. The highest BCUT2D eigenvalue weighted by molar-refractivity contribution is 6.35. The van der Waals surface area contributed by atoms with Gasteiger partial charge in [0.25, 0.3) is 5.91 Å². The molecular weight excluding hydrogens is 349 g/mol. The van der Waals surface area contributed by atoms with Crippen molar-refractivity contribution in [2.24, 2.45) is 0 Å². The zero-order valence-electron chi connectivity index (χ0n) is 13.4. The van der Waals surface area contributed by atoms with E-state index in [1.54, 1.807) is 0 Å². The number of carbonyl (C=O) groups excluding carboxylic acids is 2. The van der Waals surface area contributed by atoms with Crippen LogP contribution in [0.1, 0.15) is 28.4 Å². The fourth-order valence-electron chi connectivity index (χ4n) is 2.26. The zero-order chi connectivity index (χ0) is 17.7. The molecule has 2 aromatic carbocycles. The van der Waals surface area contributed by atoms with Crippen LogP contribution < -0.4 is 5.32 Å². The number of hydrogen-bond donors (Lipinski definition) is 1. The highest BCUT2D eigenvalue weighted by atomic mass is 35.5. The first-order valence-corrected chi connectivity index (χ1v) is 8.18. The van der Waals surface area contributed by atoms with Gasteiger partial charge >= 0.3 is 5.97 Å². The maximum absolute atomic E-state index is 12.1. The standard InChI is InChI=1S/C18H17Cl2NO3/c1-3-12-6-4-5-11(2)17(12)21-16(22)10-24-18(23)13-7-14(19)9-15(20)8-13/h4-9H,3,10H2,1-2H3,(H,21,22). The van der Waals surface area contributed by atoms with Gasteiger partial charge in [-0.3, -0.25) is 4.79 Å². The topological polar surface area (TPSA) is 55.4 Å². The molecule has 0 spiro atoms. The summed E-state index contributed by atoms with van der Waals surface area (Å²) in [5.74, 6) is -1.06. The SMILES string of the molecule is CCc1cccc(C)c1NC(=O)COC(=O)c1cc(Cl)cc(Cl)c1. The Morgan fingerprint density at radius 1 is 1.12 bits per heavy atom. The van der Waals surface area contributed by atoms with E-state index < -0.39 is 11.9 Å². The van der Waals surface area contributed by atoms with Crippen molar-refractivity contribution in [3.05, 3.63) is 63.1 Å². The van der Waals surface area contributed by atoms with Crippen LogP contribution in [-0.2, 0) is 16.0 Å². The first-order chi connectivity index (χ1) is 11.4. The third-order valence-corrected chi connectivity index (χ3v) is 3.87. The molecule has 0 atom stereocenters. The van der Waals surface area contributed by atoms with E-state index in [0.29, 0.717) is 10.0 Å². The zero-order valence-corrected chi connectivity index (χ0v) is 14.9. The maximum atomic E-state index is 12.1. The van der Waals surface area contributed by atoms with Crippen LogP contribution in [-0.4, -0.2) is 18.5 Å². The summed E-state index contributed by atoms with van der Waals surface area (Å²) < 4.78 is 5.02. The number of para-hydroxylation sites is 1. The lowest BCUT2D eigenvalue weighted by atomic mass is 10.1. The minimum absolute atomic E-state index is 0.199. The Balaban J connectivity index is 2.00. The van der Waals surface area contributed by atoms with Crippen LogP contribution in [0.15, 0.2) is 36.4 Å². The predicted molar refractivity (Wildman–Crippen MR) is 95.9 cm³/mol. The molecule has 0 heterocycles. The van der Waals surface area contributed by atoms with E-state index in [0.717, 1.165) is 23.2 Å². The number of anilines is 1. The van der Waals surface area contributed by atoms with Crippen molar-refractivity contribution in [2.75, 3.05) is 11.9 Å². The first-order valence-electron chi connectivity index (χ1n) is 7.42. The number of amides is 1. The van der Waals surface area contributed by atoms with Gasteiger partial charge in [-0.25, -0.2) is 4.79 Å². The average molecular weight is 366 g/mol. The number of ether oxygens (including phenoxy) is 1. The van der Waals surface area contributed by atoms with E-state index >= 15 is 0 Å². The number of benzene rings is 2. The van der Waals surface area contributed by atoms with E-state index in [4.69, 9.17) is 27.9 Å². The highest BCUT2D eigenvalue weighted by Crippen LogP contribution is 2.21. The van der Waals surface area contributed by atoms with Crippen molar-refractivity contribution in [2.45, 2.75) is 20.3 Å². The molecule has 2 aromatic rings. The van der Waals surface area contributed by atoms with Gasteiger partial charge in [-0.2, -0.15) is 0 Å². The molecule has 2 rings (SSSR count). The monoisotopic (exact) mass is 365 g/mol. The Hall–Kier alpha value is -2.04. The minimum atomic E-state index is -0.657. The van der Waals surface area contributed by atoms with E-state index in [-0.39, 0.29) is 12.2 Å². The largest absolute Gasteiger partial charge is 0.452 e.